The molecule has 0 bridgehead atoms. The number of halogens is 4. The van der Waals surface area contributed by atoms with Crippen molar-refractivity contribution in [3.8, 4) is 0 Å². The zero-order valence-corrected chi connectivity index (χ0v) is 15.9. The van der Waals surface area contributed by atoms with Crippen molar-refractivity contribution in [2.75, 3.05) is 6.54 Å². The summed E-state index contributed by atoms with van der Waals surface area (Å²) in [6, 6.07) is 2.64. The molecule has 9 heteroatoms. The Balaban J connectivity index is 2.39. The monoisotopic (exact) mass is 386 g/mol. The third-order valence-corrected chi connectivity index (χ3v) is 4.93. The molecule has 2 N–H and O–H groups in total. The first-order chi connectivity index (χ1) is 12.4. The van der Waals surface area contributed by atoms with Crippen LogP contribution in [-0.4, -0.2) is 37.0 Å². The number of allylic oxidation sites excluding steroid dienone is 1. The van der Waals surface area contributed by atoms with Gasteiger partial charge in [-0.15, -0.1) is 0 Å². The van der Waals surface area contributed by atoms with Crippen molar-refractivity contribution in [3.63, 3.8) is 0 Å². The average molecular weight is 386 g/mol. The smallest absolute Gasteiger partial charge is 0.404 e. The molecule has 0 aliphatic carbocycles. The SMILES string of the molecule is CC(=NCC(F)F)/C(=C\N)c1ccc(B2OC(C)(C)C(C)(C)O2)c(F)c1F. The molecule has 0 radical (unpaired) electrons. The van der Waals surface area contributed by atoms with Gasteiger partial charge < -0.3 is 15.0 Å². The summed E-state index contributed by atoms with van der Waals surface area (Å²) in [5.41, 5.74) is 3.93. The first-order valence-electron chi connectivity index (χ1n) is 8.46. The molecule has 0 aromatic heterocycles. The Morgan fingerprint density at radius 1 is 1.15 bits per heavy atom. The quantitative estimate of drug-likeness (QED) is 0.480. The van der Waals surface area contributed by atoms with Gasteiger partial charge in [0.25, 0.3) is 6.43 Å². The number of aliphatic imine (C=N–C) groups is 1. The van der Waals surface area contributed by atoms with Crippen LogP contribution < -0.4 is 11.2 Å². The molecule has 1 aromatic carbocycles. The van der Waals surface area contributed by atoms with Gasteiger partial charge in [-0.1, -0.05) is 12.1 Å². The first kappa shape index (κ1) is 21.4. The van der Waals surface area contributed by atoms with Crippen molar-refractivity contribution in [2.45, 2.75) is 52.2 Å². The minimum absolute atomic E-state index is 0.0347. The van der Waals surface area contributed by atoms with E-state index in [1.165, 1.54) is 19.1 Å². The number of nitrogens with zero attached hydrogens (tertiary/aromatic N) is 1. The van der Waals surface area contributed by atoms with E-state index in [9.17, 15) is 17.6 Å². The molecule has 2 rings (SSSR count). The van der Waals surface area contributed by atoms with Crippen LogP contribution in [-0.2, 0) is 9.31 Å². The molecule has 1 saturated heterocycles. The lowest BCUT2D eigenvalue weighted by Crippen LogP contribution is -2.41. The molecule has 1 heterocycles. The Morgan fingerprint density at radius 3 is 2.19 bits per heavy atom. The molecule has 0 atom stereocenters. The van der Waals surface area contributed by atoms with Crippen molar-refractivity contribution in [1.29, 1.82) is 0 Å². The predicted octanol–water partition coefficient (Wildman–Crippen LogP) is 3.29. The van der Waals surface area contributed by atoms with E-state index in [1.54, 1.807) is 27.7 Å². The zero-order chi connectivity index (χ0) is 20.6. The van der Waals surface area contributed by atoms with Crippen LogP contribution in [0, 0.1) is 11.6 Å². The molecule has 1 aliphatic rings. The van der Waals surface area contributed by atoms with Gasteiger partial charge in [0, 0.05) is 28.5 Å². The Labute approximate surface area is 156 Å². The Kier molecular flexibility index (Phi) is 6.06. The van der Waals surface area contributed by atoms with Gasteiger partial charge in [-0.2, -0.15) is 0 Å². The highest BCUT2D eigenvalue weighted by atomic mass is 19.3. The summed E-state index contributed by atoms with van der Waals surface area (Å²) >= 11 is 0. The van der Waals surface area contributed by atoms with Gasteiger partial charge in [0.05, 0.1) is 11.2 Å². The molecule has 0 unspecified atom stereocenters. The van der Waals surface area contributed by atoms with Crippen LogP contribution in [0.25, 0.3) is 5.57 Å². The minimum atomic E-state index is -2.65. The van der Waals surface area contributed by atoms with E-state index in [4.69, 9.17) is 15.0 Å². The third-order valence-electron chi connectivity index (χ3n) is 4.93. The fourth-order valence-corrected chi connectivity index (χ4v) is 2.62. The summed E-state index contributed by atoms with van der Waals surface area (Å²) in [6.07, 6.45) is -1.64. The lowest BCUT2D eigenvalue weighted by molar-refractivity contribution is 0.00578. The maximum absolute atomic E-state index is 14.7. The molecule has 0 amide bonds. The lowest BCUT2D eigenvalue weighted by Gasteiger charge is -2.32. The molecule has 27 heavy (non-hydrogen) atoms. The Hall–Kier alpha value is -1.87. The van der Waals surface area contributed by atoms with E-state index in [0.29, 0.717) is 0 Å². The highest BCUT2D eigenvalue weighted by Gasteiger charge is 2.52. The Bertz CT molecular complexity index is 763. The number of hydrogen-bond acceptors (Lipinski definition) is 4. The standard InChI is InChI=1S/C18H23BF4N2O2/c1-10(25-9-14(20)21)12(8-24)11-6-7-13(16(23)15(11)22)19-26-17(2,3)18(4,5)27-19/h6-8,14H,9,24H2,1-5H3/b12-8+,25-10?. The summed E-state index contributed by atoms with van der Waals surface area (Å²) in [5.74, 6) is -2.32. The van der Waals surface area contributed by atoms with Gasteiger partial charge >= 0.3 is 7.12 Å². The van der Waals surface area contributed by atoms with Crippen LogP contribution in [0.1, 0.15) is 40.2 Å². The molecular weight excluding hydrogens is 363 g/mol. The number of benzene rings is 1. The van der Waals surface area contributed by atoms with E-state index in [2.05, 4.69) is 4.99 Å². The lowest BCUT2D eigenvalue weighted by atomic mass is 9.77. The summed E-state index contributed by atoms with van der Waals surface area (Å²) in [4.78, 5) is 3.66. The molecular formula is C18H23BF4N2O2. The normalized spacial score (nSPS) is 19.9. The Morgan fingerprint density at radius 2 is 1.70 bits per heavy atom. The second kappa shape index (κ2) is 7.63. The number of alkyl halides is 2. The van der Waals surface area contributed by atoms with Gasteiger partial charge in [-0.25, -0.2) is 17.6 Å². The zero-order valence-electron chi connectivity index (χ0n) is 15.9. The van der Waals surface area contributed by atoms with Gasteiger partial charge in [0.15, 0.2) is 11.6 Å². The summed E-state index contributed by atoms with van der Waals surface area (Å²) < 4.78 is 65.6. The topological polar surface area (TPSA) is 56.8 Å². The first-order valence-corrected chi connectivity index (χ1v) is 8.46. The van der Waals surface area contributed by atoms with Gasteiger partial charge in [-0.05, 0) is 34.6 Å². The fraction of sp³-hybridized carbons (Fsp3) is 0.500. The van der Waals surface area contributed by atoms with Crippen LogP contribution >= 0.6 is 0 Å². The summed E-state index contributed by atoms with van der Waals surface area (Å²) in [7, 11) is -1.07. The molecule has 1 aromatic rings. The maximum Gasteiger partial charge on any atom is 0.497 e. The molecule has 1 fully saturated rings. The van der Waals surface area contributed by atoms with E-state index < -0.39 is 42.9 Å². The molecule has 0 spiro atoms. The van der Waals surface area contributed by atoms with Crippen molar-refractivity contribution < 1.29 is 26.9 Å². The van der Waals surface area contributed by atoms with Crippen molar-refractivity contribution >= 4 is 23.9 Å². The van der Waals surface area contributed by atoms with Crippen LogP contribution in [0.2, 0.25) is 0 Å². The minimum Gasteiger partial charge on any atom is -0.404 e. The van der Waals surface area contributed by atoms with E-state index in [0.717, 1.165) is 6.20 Å². The van der Waals surface area contributed by atoms with Crippen molar-refractivity contribution in [2.24, 2.45) is 10.7 Å². The highest BCUT2D eigenvalue weighted by molar-refractivity contribution is 6.62. The van der Waals surface area contributed by atoms with Crippen molar-refractivity contribution in [3.05, 3.63) is 35.5 Å². The van der Waals surface area contributed by atoms with E-state index in [-0.39, 0.29) is 22.3 Å². The average Bonchev–Trinajstić information content (AvgIpc) is 2.77. The largest absolute Gasteiger partial charge is 0.497 e. The molecule has 1 aliphatic heterocycles. The van der Waals surface area contributed by atoms with Gasteiger partial charge in [-0.3, -0.25) is 4.99 Å². The predicted molar refractivity (Wildman–Crippen MR) is 98.2 cm³/mol. The van der Waals surface area contributed by atoms with Gasteiger partial charge in [0.2, 0.25) is 0 Å². The molecule has 4 nitrogen and oxygen atoms in total. The van der Waals surface area contributed by atoms with Gasteiger partial charge in [0.1, 0.15) is 6.54 Å². The van der Waals surface area contributed by atoms with Crippen LogP contribution in [0.15, 0.2) is 23.3 Å². The molecule has 148 valence electrons. The number of nitrogens with two attached hydrogens (primary N) is 1. The van der Waals surface area contributed by atoms with E-state index >= 15 is 0 Å². The second-order valence-corrected chi connectivity index (χ2v) is 7.32. The summed E-state index contributed by atoms with van der Waals surface area (Å²) in [6.45, 7) is 7.85. The number of hydrogen-bond donors (Lipinski definition) is 1. The molecule has 0 saturated carbocycles. The van der Waals surface area contributed by atoms with Crippen LogP contribution in [0.3, 0.4) is 0 Å². The third kappa shape index (κ3) is 4.19. The fourth-order valence-electron chi connectivity index (χ4n) is 2.62. The second-order valence-electron chi connectivity index (χ2n) is 7.32. The highest BCUT2D eigenvalue weighted by Crippen LogP contribution is 2.37. The summed E-state index contributed by atoms with van der Waals surface area (Å²) in [5, 5.41) is 0. The maximum atomic E-state index is 14.7. The van der Waals surface area contributed by atoms with E-state index in [1.807, 2.05) is 0 Å². The van der Waals surface area contributed by atoms with Crippen LogP contribution in [0.5, 0.6) is 0 Å². The van der Waals surface area contributed by atoms with Crippen molar-refractivity contribution in [1.82, 2.24) is 0 Å². The van der Waals surface area contributed by atoms with Crippen LogP contribution in [0.4, 0.5) is 17.6 Å². The number of rotatable bonds is 5.